The van der Waals surface area contributed by atoms with E-state index < -0.39 is 0 Å². The molecule has 0 nitrogen and oxygen atoms in total. The molecule has 0 atom stereocenters. The highest BCUT2D eigenvalue weighted by atomic mass is 14.2. The Bertz CT molecular complexity index is 291. The van der Waals surface area contributed by atoms with E-state index in [0.717, 1.165) is 5.92 Å². The Labute approximate surface area is 113 Å². The monoisotopic (exact) mass is 243 g/mol. The lowest BCUT2D eigenvalue weighted by molar-refractivity contribution is 0.386. The number of hydrogen-bond donors (Lipinski definition) is 0. The summed E-state index contributed by atoms with van der Waals surface area (Å²) in [4.78, 5) is 0. The molecule has 1 aromatic carbocycles. The fraction of sp³-hybridized carbons (Fsp3) is 0.611. The van der Waals surface area contributed by atoms with Crippen molar-refractivity contribution in [2.45, 2.75) is 64.2 Å². The van der Waals surface area contributed by atoms with Gasteiger partial charge in [-0.3, -0.25) is 0 Å². The largest absolute Gasteiger partial charge is 0.0622 e. The highest BCUT2D eigenvalue weighted by Crippen LogP contribution is 2.25. The van der Waals surface area contributed by atoms with E-state index in [4.69, 9.17) is 0 Å². The van der Waals surface area contributed by atoms with Gasteiger partial charge < -0.3 is 0 Å². The van der Waals surface area contributed by atoms with Crippen molar-refractivity contribution in [3.8, 4) is 0 Å². The molecular weight excluding hydrogens is 216 g/mol. The summed E-state index contributed by atoms with van der Waals surface area (Å²) in [5.41, 5.74) is 1.40. The topological polar surface area (TPSA) is 0 Å². The fourth-order valence-corrected chi connectivity index (χ4v) is 3.02. The van der Waals surface area contributed by atoms with Gasteiger partial charge in [0.05, 0.1) is 0 Å². The number of rotatable bonds is 3. The first-order valence-corrected chi connectivity index (χ1v) is 7.83. The van der Waals surface area contributed by atoms with Crippen molar-refractivity contribution < 1.29 is 0 Å². The molecule has 0 N–H and O–H groups in total. The van der Waals surface area contributed by atoms with Gasteiger partial charge in [0, 0.05) is 0 Å². The Hall–Kier alpha value is -0.780. The summed E-state index contributed by atoms with van der Waals surface area (Å²) >= 11 is 0. The van der Waals surface area contributed by atoms with Crippen LogP contribution in [0.3, 0.4) is 0 Å². The first-order chi connectivity index (χ1) is 8.95. The Morgan fingerprint density at radius 1 is 0.778 bits per heavy atom. The van der Waals surface area contributed by atoms with Gasteiger partial charge >= 0.3 is 0 Å². The van der Waals surface area contributed by atoms with Gasteiger partial charge in [-0.05, 0) is 24.3 Å². The van der Waals surface area contributed by atoms with Crippen LogP contribution in [-0.4, -0.2) is 0 Å². The molecule has 0 heteroatoms. The quantitative estimate of drug-likeness (QED) is 0.632. The standard InChI is InChI=1S/C18H27/c1-2-4-7-11-17(12-8-5-3-1)15-16-18-13-9-6-10-14-18/h6,9-10,13-14,16-17H,1-5,7-8,11-12,15H2. The minimum Gasteiger partial charge on any atom is -0.0622 e. The van der Waals surface area contributed by atoms with Crippen molar-refractivity contribution in [2.75, 3.05) is 0 Å². The van der Waals surface area contributed by atoms with Crippen LogP contribution in [0, 0.1) is 12.3 Å². The molecule has 18 heavy (non-hydrogen) atoms. The summed E-state index contributed by atoms with van der Waals surface area (Å²) in [5, 5.41) is 0. The molecular formula is C18H27. The lowest BCUT2D eigenvalue weighted by atomic mass is 9.88. The molecule has 1 saturated carbocycles. The maximum absolute atomic E-state index is 2.44. The highest BCUT2D eigenvalue weighted by molar-refractivity contribution is 5.22. The van der Waals surface area contributed by atoms with E-state index in [9.17, 15) is 0 Å². The zero-order chi connectivity index (χ0) is 12.5. The zero-order valence-corrected chi connectivity index (χ0v) is 11.6. The van der Waals surface area contributed by atoms with Crippen LogP contribution in [0.2, 0.25) is 0 Å². The number of hydrogen-bond acceptors (Lipinski definition) is 0. The molecule has 0 heterocycles. The van der Waals surface area contributed by atoms with E-state index in [1.54, 1.807) is 0 Å². The van der Waals surface area contributed by atoms with Gasteiger partial charge in [0.25, 0.3) is 0 Å². The Balaban J connectivity index is 1.74. The minimum absolute atomic E-state index is 0.934. The molecule has 0 bridgehead atoms. The molecule has 0 spiro atoms. The molecule has 0 unspecified atom stereocenters. The smallest absolute Gasteiger partial charge is 0.00904 e. The predicted molar refractivity (Wildman–Crippen MR) is 79.5 cm³/mol. The second-order valence-electron chi connectivity index (χ2n) is 5.77. The number of benzene rings is 1. The van der Waals surface area contributed by atoms with E-state index in [2.05, 4.69) is 36.8 Å². The summed E-state index contributed by atoms with van der Waals surface area (Å²) in [7, 11) is 0. The third-order valence-corrected chi connectivity index (χ3v) is 4.21. The van der Waals surface area contributed by atoms with Crippen LogP contribution in [0.1, 0.15) is 69.8 Å². The zero-order valence-electron chi connectivity index (χ0n) is 11.6. The average Bonchev–Trinajstić information content (AvgIpc) is 2.44. The van der Waals surface area contributed by atoms with E-state index in [-0.39, 0.29) is 0 Å². The maximum atomic E-state index is 2.44. The third kappa shape index (κ3) is 5.25. The van der Waals surface area contributed by atoms with Crippen LogP contribution in [0.5, 0.6) is 0 Å². The van der Waals surface area contributed by atoms with Crippen molar-refractivity contribution in [1.29, 1.82) is 0 Å². The van der Waals surface area contributed by atoms with Crippen molar-refractivity contribution in [3.05, 3.63) is 42.3 Å². The van der Waals surface area contributed by atoms with Crippen LogP contribution < -0.4 is 0 Å². The summed E-state index contributed by atoms with van der Waals surface area (Å²) < 4.78 is 0. The molecule has 2 rings (SSSR count). The normalized spacial score (nSPS) is 19.6. The van der Waals surface area contributed by atoms with E-state index in [1.165, 1.54) is 69.8 Å². The lowest BCUT2D eigenvalue weighted by Crippen LogP contribution is -2.03. The predicted octanol–water partition coefficient (Wildman–Crippen LogP) is 5.77. The van der Waals surface area contributed by atoms with Gasteiger partial charge in [0.1, 0.15) is 0 Å². The van der Waals surface area contributed by atoms with Crippen LogP contribution in [0.15, 0.2) is 30.3 Å². The van der Waals surface area contributed by atoms with Gasteiger partial charge in [-0.15, -0.1) is 0 Å². The van der Waals surface area contributed by atoms with Gasteiger partial charge in [-0.25, -0.2) is 0 Å². The SMILES string of the molecule is [CH](CC1CCCCCCCCC1)c1ccccc1. The summed E-state index contributed by atoms with van der Waals surface area (Å²) in [6.45, 7) is 0. The van der Waals surface area contributed by atoms with Crippen molar-refractivity contribution in [3.63, 3.8) is 0 Å². The maximum Gasteiger partial charge on any atom is -0.00904 e. The molecule has 0 aliphatic heterocycles. The Morgan fingerprint density at radius 3 is 1.94 bits per heavy atom. The lowest BCUT2D eigenvalue weighted by Gasteiger charge is -2.18. The van der Waals surface area contributed by atoms with E-state index in [0.29, 0.717) is 0 Å². The first-order valence-electron chi connectivity index (χ1n) is 7.83. The molecule has 99 valence electrons. The van der Waals surface area contributed by atoms with Crippen molar-refractivity contribution in [2.24, 2.45) is 5.92 Å². The molecule has 1 aliphatic carbocycles. The molecule has 1 aliphatic rings. The van der Waals surface area contributed by atoms with Crippen molar-refractivity contribution >= 4 is 0 Å². The second-order valence-corrected chi connectivity index (χ2v) is 5.77. The van der Waals surface area contributed by atoms with Gasteiger partial charge in [-0.2, -0.15) is 0 Å². The average molecular weight is 243 g/mol. The third-order valence-electron chi connectivity index (χ3n) is 4.21. The summed E-state index contributed by atoms with van der Waals surface area (Å²) in [6, 6.07) is 10.8. The van der Waals surface area contributed by atoms with Gasteiger partial charge in [-0.1, -0.05) is 88.1 Å². The molecule has 1 aromatic rings. The first kappa shape index (κ1) is 13.6. The molecule has 0 saturated heterocycles. The van der Waals surface area contributed by atoms with E-state index in [1.807, 2.05) is 0 Å². The van der Waals surface area contributed by atoms with Crippen LogP contribution in [0.4, 0.5) is 0 Å². The Kier molecular flexibility index (Phi) is 6.33. The summed E-state index contributed by atoms with van der Waals surface area (Å²) in [6.07, 6.45) is 16.8. The molecule has 0 aromatic heterocycles. The van der Waals surface area contributed by atoms with Crippen LogP contribution in [0.25, 0.3) is 0 Å². The highest BCUT2D eigenvalue weighted by Gasteiger charge is 2.10. The van der Waals surface area contributed by atoms with Crippen LogP contribution >= 0.6 is 0 Å². The van der Waals surface area contributed by atoms with E-state index >= 15 is 0 Å². The van der Waals surface area contributed by atoms with Crippen LogP contribution in [-0.2, 0) is 0 Å². The second kappa shape index (κ2) is 8.34. The summed E-state index contributed by atoms with van der Waals surface area (Å²) in [5.74, 6) is 0.934. The van der Waals surface area contributed by atoms with Crippen molar-refractivity contribution in [1.82, 2.24) is 0 Å². The Morgan fingerprint density at radius 2 is 1.33 bits per heavy atom. The molecule has 1 fully saturated rings. The van der Waals surface area contributed by atoms with Gasteiger partial charge in [0.15, 0.2) is 0 Å². The molecule has 1 radical (unpaired) electrons. The minimum atomic E-state index is 0.934. The molecule has 0 amide bonds. The van der Waals surface area contributed by atoms with Gasteiger partial charge in [0.2, 0.25) is 0 Å². The fourth-order valence-electron chi connectivity index (χ4n) is 3.02.